The smallest absolute Gasteiger partial charge is 0.224 e. The van der Waals surface area contributed by atoms with Gasteiger partial charge in [-0.05, 0) is 24.5 Å². The van der Waals surface area contributed by atoms with E-state index >= 15 is 0 Å². The van der Waals surface area contributed by atoms with Crippen LogP contribution in [-0.2, 0) is 22.6 Å². The molecule has 0 saturated carbocycles. The van der Waals surface area contributed by atoms with E-state index < -0.39 is 5.66 Å². The van der Waals surface area contributed by atoms with Gasteiger partial charge in [-0.15, -0.1) is 0 Å². The third-order valence-electron chi connectivity index (χ3n) is 5.24. The highest BCUT2D eigenvalue weighted by Gasteiger charge is 2.41. The largest absolute Gasteiger partial charge is 0.487 e. The van der Waals surface area contributed by atoms with E-state index in [2.05, 4.69) is 12.1 Å². The van der Waals surface area contributed by atoms with Crippen molar-refractivity contribution >= 4 is 23.7 Å². The van der Waals surface area contributed by atoms with Crippen LogP contribution < -0.4 is 0 Å². The highest BCUT2D eigenvalue weighted by molar-refractivity contribution is 6.31. The lowest BCUT2D eigenvalue weighted by Crippen LogP contribution is -2.52. The summed E-state index contributed by atoms with van der Waals surface area (Å²) in [6.45, 7) is 1.09. The van der Waals surface area contributed by atoms with E-state index in [0.717, 1.165) is 30.5 Å². The van der Waals surface area contributed by atoms with Crippen molar-refractivity contribution in [2.75, 3.05) is 6.54 Å². The zero-order valence-corrected chi connectivity index (χ0v) is 16.4. The van der Waals surface area contributed by atoms with Crippen LogP contribution in [0.5, 0.6) is 0 Å². The number of hydrogen-bond donors (Lipinski definition) is 0. The lowest BCUT2D eigenvalue weighted by molar-refractivity contribution is -0.138. The molecule has 144 valence electrons. The minimum absolute atomic E-state index is 0.155. The number of allylic oxidation sites excluding steroid dienone is 1. The van der Waals surface area contributed by atoms with Crippen LogP contribution in [0.25, 0.3) is 0 Å². The number of piperidine rings is 1. The Morgan fingerprint density at radius 3 is 2.64 bits per heavy atom. The first-order valence-electron chi connectivity index (χ1n) is 9.65. The van der Waals surface area contributed by atoms with Crippen LogP contribution >= 0.6 is 11.6 Å². The van der Waals surface area contributed by atoms with Gasteiger partial charge in [-0.3, -0.25) is 9.79 Å². The van der Waals surface area contributed by atoms with Gasteiger partial charge in [0.15, 0.2) is 5.66 Å². The molecule has 2 aliphatic rings. The van der Waals surface area contributed by atoms with Crippen molar-refractivity contribution < 1.29 is 9.53 Å². The molecule has 28 heavy (non-hydrogen) atoms. The summed E-state index contributed by atoms with van der Waals surface area (Å²) in [5, 5.41) is 0.680. The Labute approximate surface area is 170 Å². The molecule has 2 heterocycles. The van der Waals surface area contributed by atoms with E-state index in [1.807, 2.05) is 53.4 Å². The van der Waals surface area contributed by atoms with E-state index in [9.17, 15) is 4.79 Å². The molecule has 0 radical (unpaired) electrons. The van der Waals surface area contributed by atoms with Crippen LogP contribution in [0.15, 0.2) is 71.4 Å². The number of likely N-dealkylation sites (tertiary alicyclic amines) is 1. The third-order valence-corrected chi connectivity index (χ3v) is 5.61. The summed E-state index contributed by atoms with van der Waals surface area (Å²) in [5.74, 6) is 0.831. The Morgan fingerprint density at radius 2 is 1.86 bits per heavy atom. The van der Waals surface area contributed by atoms with E-state index in [-0.39, 0.29) is 5.91 Å². The van der Waals surface area contributed by atoms with Crippen LogP contribution in [0.2, 0.25) is 5.02 Å². The molecule has 5 heteroatoms. The van der Waals surface area contributed by atoms with Crippen LogP contribution in [0.3, 0.4) is 0 Å². The number of hydrogen-bond acceptors (Lipinski definition) is 3. The van der Waals surface area contributed by atoms with Crippen LogP contribution in [-0.4, -0.2) is 29.2 Å². The second-order valence-electron chi connectivity index (χ2n) is 7.23. The first kappa shape index (κ1) is 18.8. The van der Waals surface area contributed by atoms with Gasteiger partial charge in [-0.25, -0.2) is 0 Å². The number of aliphatic imine (C=N–C) groups is 1. The molecular weight excluding hydrogens is 372 g/mol. The maximum absolute atomic E-state index is 12.7. The van der Waals surface area contributed by atoms with Crippen molar-refractivity contribution in [1.29, 1.82) is 0 Å². The lowest BCUT2D eigenvalue weighted by Gasteiger charge is -2.40. The number of halogens is 1. The van der Waals surface area contributed by atoms with Gasteiger partial charge in [0.1, 0.15) is 12.4 Å². The molecule has 0 spiro atoms. The first-order chi connectivity index (χ1) is 13.7. The maximum atomic E-state index is 12.7. The summed E-state index contributed by atoms with van der Waals surface area (Å²) >= 11 is 6.23. The average Bonchev–Trinajstić information content (AvgIpc) is 3.12. The molecule has 1 fully saturated rings. The van der Waals surface area contributed by atoms with Crippen molar-refractivity contribution in [3.8, 4) is 0 Å². The molecule has 0 N–H and O–H groups in total. The molecule has 1 unspecified atom stereocenters. The standard InChI is InChI=1S/C23H23ClN2O2/c24-21-11-5-4-10-19(21)17-28-20-15-23(25-16-20,14-18-8-2-1-3-9-18)26-13-7-6-12-22(26)27/h1-5,8-11,15-16H,6-7,12-14,17H2. The molecule has 1 amide bonds. The molecule has 2 aliphatic heterocycles. The Kier molecular flexibility index (Phi) is 5.49. The molecule has 4 rings (SSSR count). The number of benzene rings is 2. The minimum Gasteiger partial charge on any atom is -0.487 e. The molecule has 2 aromatic rings. The topological polar surface area (TPSA) is 41.9 Å². The van der Waals surface area contributed by atoms with Crippen molar-refractivity contribution in [3.63, 3.8) is 0 Å². The molecule has 0 aliphatic carbocycles. The summed E-state index contributed by atoms with van der Waals surface area (Å²) < 4.78 is 5.98. The zero-order valence-electron chi connectivity index (χ0n) is 15.7. The van der Waals surface area contributed by atoms with Gasteiger partial charge in [0.2, 0.25) is 5.91 Å². The number of amides is 1. The Bertz CT molecular complexity index is 910. The van der Waals surface area contributed by atoms with Crippen LogP contribution in [0.4, 0.5) is 0 Å². The Balaban J connectivity index is 1.58. The second kappa shape index (κ2) is 8.19. The van der Waals surface area contributed by atoms with Crippen molar-refractivity contribution in [2.45, 2.75) is 38.0 Å². The quantitative estimate of drug-likeness (QED) is 0.707. The van der Waals surface area contributed by atoms with E-state index in [1.165, 1.54) is 0 Å². The fourth-order valence-electron chi connectivity index (χ4n) is 3.78. The summed E-state index contributed by atoms with van der Waals surface area (Å²) in [7, 11) is 0. The highest BCUT2D eigenvalue weighted by atomic mass is 35.5. The second-order valence-corrected chi connectivity index (χ2v) is 7.64. The predicted molar refractivity (Wildman–Crippen MR) is 111 cm³/mol. The summed E-state index contributed by atoms with van der Waals surface area (Å²) in [6.07, 6.45) is 6.88. The molecular formula is C23H23ClN2O2. The normalized spacial score (nSPS) is 21.7. The Morgan fingerprint density at radius 1 is 1.07 bits per heavy atom. The summed E-state index contributed by atoms with van der Waals surface area (Å²) in [5.41, 5.74) is 1.35. The predicted octanol–water partition coefficient (Wildman–Crippen LogP) is 4.78. The molecule has 4 nitrogen and oxygen atoms in total. The van der Waals surface area contributed by atoms with Crippen LogP contribution in [0.1, 0.15) is 30.4 Å². The first-order valence-corrected chi connectivity index (χ1v) is 10.0. The summed E-state index contributed by atoms with van der Waals surface area (Å²) in [4.78, 5) is 19.4. The third kappa shape index (κ3) is 3.97. The number of nitrogens with zero attached hydrogens (tertiary/aromatic N) is 2. The van der Waals surface area contributed by atoms with E-state index in [4.69, 9.17) is 21.3 Å². The molecule has 0 bridgehead atoms. The van der Waals surface area contributed by atoms with Crippen LogP contribution in [0, 0.1) is 0 Å². The monoisotopic (exact) mass is 394 g/mol. The van der Waals surface area contributed by atoms with Crippen molar-refractivity contribution in [2.24, 2.45) is 4.99 Å². The maximum Gasteiger partial charge on any atom is 0.224 e. The molecule has 2 aromatic carbocycles. The fourth-order valence-corrected chi connectivity index (χ4v) is 3.97. The number of carbonyl (C=O) groups is 1. The van der Waals surface area contributed by atoms with Gasteiger partial charge in [0.25, 0.3) is 0 Å². The average molecular weight is 395 g/mol. The molecule has 0 aromatic heterocycles. The minimum atomic E-state index is -0.714. The van der Waals surface area contributed by atoms with Gasteiger partial charge >= 0.3 is 0 Å². The molecule has 1 atom stereocenters. The van der Waals surface area contributed by atoms with Gasteiger partial charge in [-0.1, -0.05) is 60.1 Å². The SMILES string of the molecule is O=C1CCCCN1C1(Cc2ccccc2)C=C(OCc2ccccc2Cl)C=N1. The molecule has 1 saturated heterocycles. The lowest BCUT2D eigenvalue weighted by atomic mass is 9.95. The van der Waals surface area contributed by atoms with Gasteiger partial charge in [0.05, 0.1) is 6.21 Å². The van der Waals surface area contributed by atoms with Gasteiger partial charge < -0.3 is 9.64 Å². The fraction of sp³-hybridized carbons (Fsp3) is 0.304. The van der Waals surface area contributed by atoms with E-state index in [0.29, 0.717) is 30.2 Å². The number of ether oxygens (including phenoxy) is 1. The number of carbonyl (C=O) groups excluding carboxylic acids is 1. The summed E-state index contributed by atoms with van der Waals surface area (Å²) in [6, 6.07) is 17.8. The van der Waals surface area contributed by atoms with Gasteiger partial charge in [-0.2, -0.15) is 0 Å². The Hall–Kier alpha value is -2.59. The van der Waals surface area contributed by atoms with Crippen molar-refractivity contribution in [3.05, 3.63) is 82.6 Å². The zero-order chi connectivity index (χ0) is 19.4. The van der Waals surface area contributed by atoms with Crippen molar-refractivity contribution in [1.82, 2.24) is 4.90 Å². The number of rotatable bonds is 6. The highest BCUT2D eigenvalue weighted by Crippen LogP contribution is 2.33. The van der Waals surface area contributed by atoms with Gasteiger partial charge in [0, 0.05) is 36.0 Å². The van der Waals surface area contributed by atoms with E-state index in [1.54, 1.807) is 6.21 Å².